The van der Waals surface area contributed by atoms with Gasteiger partial charge in [0.05, 0.1) is 5.38 Å². The number of carbonyl (C=O) groups excluding carboxylic acids is 1. The zero-order valence-corrected chi connectivity index (χ0v) is 21.6. The van der Waals surface area contributed by atoms with Crippen molar-refractivity contribution >= 4 is 25.7 Å². The average molecular weight is 449 g/mol. The van der Waals surface area contributed by atoms with Crippen LogP contribution in [-0.4, -0.2) is 39.1 Å². The molecular weight excluding hydrogens is 400 g/mol. The van der Waals surface area contributed by atoms with Crippen molar-refractivity contribution in [1.29, 1.82) is 0 Å². The number of hydrogen-bond acceptors (Lipinski definition) is 5. The molecule has 29 heavy (non-hydrogen) atoms. The Balaban J connectivity index is 3.66. The van der Waals surface area contributed by atoms with Gasteiger partial charge in [0.2, 0.25) is 0 Å². The summed E-state index contributed by atoms with van der Waals surface area (Å²) >= 11 is 1.34. The molecule has 0 spiro atoms. The highest BCUT2D eigenvalue weighted by Gasteiger charge is 2.41. The van der Waals surface area contributed by atoms with E-state index in [2.05, 4.69) is 6.92 Å². The molecule has 0 radical (unpaired) electrons. The third-order valence-electron chi connectivity index (χ3n) is 4.99. The first-order valence-corrected chi connectivity index (χ1v) is 15.1. The summed E-state index contributed by atoms with van der Waals surface area (Å²) in [6, 6.07) is 0. The fourth-order valence-corrected chi connectivity index (χ4v) is 7.65. The van der Waals surface area contributed by atoms with Gasteiger partial charge in [-0.05, 0) is 27.2 Å². The molecule has 0 rings (SSSR count). The first kappa shape index (κ1) is 29.1. The van der Waals surface area contributed by atoms with Crippen LogP contribution >= 0.6 is 11.8 Å². The summed E-state index contributed by atoms with van der Waals surface area (Å²) in [5.74, 6) is 0. The molecule has 0 atom stereocenters. The smallest absolute Gasteiger partial charge is 0.373 e. The molecule has 0 aromatic rings. The normalized spacial score (nSPS) is 11.9. The molecule has 0 saturated heterocycles. The van der Waals surface area contributed by atoms with E-state index in [4.69, 9.17) is 13.3 Å². The molecule has 6 heteroatoms. The molecule has 0 aliphatic heterocycles. The lowest BCUT2D eigenvalue weighted by Gasteiger charge is -2.27. The van der Waals surface area contributed by atoms with Crippen LogP contribution < -0.4 is 0 Å². The molecule has 0 unspecified atom stereocenters. The van der Waals surface area contributed by atoms with Crippen molar-refractivity contribution in [2.24, 2.45) is 0 Å². The maximum absolute atomic E-state index is 12.2. The SMILES string of the molecule is CCCCCCCCCCCCCCCC(=O)SC[Si](OCC)(OCC)OCC. The summed E-state index contributed by atoms with van der Waals surface area (Å²) in [6.07, 6.45) is 17.9. The van der Waals surface area contributed by atoms with Gasteiger partial charge >= 0.3 is 8.80 Å². The van der Waals surface area contributed by atoms with E-state index in [1.165, 1.54) is 82.4 Å². The number of thioether (sulfide) groups is 1. The molecule has 0 bridgehead atoms. The van der Waals surface area contributed by atoms with E-state index >= 15 is 0 Å². The van der Waals surface area contributed by atoms with Crippen molar-refractivity contribution < 1.29 is 18.1 Å². The Labute approximate surface area is 186 Å². The minimum absolute atomic E-state index is 0.240. The van der Waals surface area contributed by atoms with Crippen molar-refractivity contribution in [2.75, 3.05) is 25.2 Å². The second-order valence-electron chi connectivity index (χ2n) is 7.64. The summed E-state index contributed by atoms with van der Waals surface area (Å²) < 4.78 is 17.4. The third kappa shape index (κ3) is 17.5. The van der Waals surface area contributed by atoms with Crippen molar-refractivity contribution in [3.8, 4) is 0 Å². The lowest BCUT2D eigenvalue weighted by atomic mass is 10.0. The van der Waals surface area contributed by atoms with Gasteiger partial charge in [0.15, 0.2) is 5.12 Å². The summed E-state index contributed by atoms with van der Waals surface area (Å²) in [6.45, 7) is 9.77. The van der Waals surface area contributed by atoms with E-state index in [-0.39, 0.29) is 5.12 Å². The zero-order chi connectivity index (χ0) is 21.6. The molecule has 0 N–H and O–H groups in total. The van der Waals surface area contributed by atoms with Gasteiger partial charge in [-0.1, -0.05) is 95.7 Å². The lowest BCUT2D eigenvalue weighted by Crippen LogP contribution is -2.49. The van der Waals surface area contributed by atoms with Gasteiger partial charge in [-0.3, -0.25) is 4.79 Å². The number of hydrogen-bond donors (Lipinski definition) is 0. The maximum Gasteiger partial charge on any atom is 0.511 e. The molecule has 0 aliphatic carbocycles. The van der Waals surface area contributed by atoms with Gasteiger partial charge in [0, 0.05) is 26.2 Å². The molecular formula is C23H48O4SSi. The standard InChI is InChI=1S/C23H48O4SSi/c1-5-9-10-11-12-13-14-15-16-17-18-19-20-21-23(24)28-22-29(25-6-2,26-7-3)27-8-4/h5-22H2,1-4H3. The zero-order valence-electron chi connectivity index (χ0n) is 19.8. The van der Waals surface area contributed by atoms with Gasteiger partial charge < -0.3 is 13.3 Å². The summed E-state index contributed by atoms with van der Waals surface area (Å²) in [7, 11) is -2.70. The molecule has 4 nitrogen and oxygen atoms in total. The maximum atomic E-state index is 12.2. The minimum atomic E-state index is -2.70. The van der Waals surface area contributed by atoms with Crippen molar-refractivity contribution in [3.05, 3.63) is 0 Å². The number of carbonyl (C=O) groups is 1. The molecule has 0 fully saturated rings. The molecule has 0 saturated carbocycles. The van der Waals surface area contributed by atoms with Gasteiger partial charge in [-0.15, -0.1) is 0 Å². The Morgan fingerprint density at radius 2 is 1.00 bits per heavy atom. The van der Waals surface area contributed by atoms with Crippen molar-refractivity contribution in [1.82, 2.24) is 0 Å². The Morgan fingerprint density at radius 3 is 1.38 bits per heavy atom. The highest BCUT2D eigenvalue weighted by Crippen LogP contribution is 2.20. The van der Waals surface area contributed by atoms with Crippen LogP contribution in [0, 0.1) is 0 Å². The fraction of sp³-hybridized carbons (Fsp3) is 0.957. The van der Waals surface area contributed by atoms with E-state index in [0.29, 0.717) is 31.6 Å². The minimum Gasteiger partial charge on any atom is -0.373 e. The highest BCUT2D eigenvalue weighted by atomic mass is 32.2. The average Bonchev–Trinajstić information content (AvgIpc) is 2.70. The Morgan fingerprint density at radius 1 is 0.621 bits per heavy atom. The van der Waals surface area contributed by atoms with Crippen LogP contribution in [0.15, 0.2) is 0 Å². The number of unbranched alkanes of at least 4 members (excludes halogenated alkanes) is 12. The quantitative estimate of drug-likeness (QED) is 0.128. The molecule has 174 valence electrons. The molecule has 0 aliphatic rings. The monoisotopic (exact) mass is 448 g/mol. The van der Waals surface area contributed by atoms with Gasteiger partial charge in [-0.2, -0.15) is 0 Å². The van der Waals surface area contributed by atoms with Crippen LogP contribution in [-0.2, 0) is 18.1 Å². The van der Waals surface area contributed by atoms with Crippen LogP contribution in [0.1, 0.15) is 118 Å². The summed E-state index contributed by atoms with van der Waals surface area (Å²) in [5, 5.41) is 0.767. The van der Waals surface area contributed by atoms with Gasteiger partial charge in [0.25, 0.3) is 0 Å². The second-order valence-corrected chi connectivity index (χ2v) is 11.8. The van der Waals surface area contributed by atoms with Crippen molar-refractivity contribution in [3.63, 3.8) is 0 Å². The molecule has 0 heterocycles. The first-order chi connectivity index (χ1) is 14.1. The largest absolute Gasteiger partial charge is 0.511 e. The first-order valence-electron chi connectivity index (χ1n) is 12.2. The summed E-state index contributed by atoms with van der Waals surface area (Å²) in [5.41, 5.74) is 0. The van der Waals surface area contributed by atoms with Gasteiger partial charge in [-0.25, -0.2) is 0 Å². The van der Waals surface area contributed by atoms with Crippen LogP contribution in [0.3, 0.4) is 0 Å². The van der Waals surface area contributed by atoms with Gasteiger partial charge in [0.1, 0.15) is 0 Å². The van der Waals surface area contributed by atoms with Crippen LogP contribution in [0.5, 0.6) is 0 Å². The van der Waals surface area contributed by atoms with Crippen LogP contribution in [0.4, 0.5) is 0 Å². The molecule has 0 aromatic carbocycles. The van der Waals surface area contributed by atoms with E-state index < -0.39 is 8.80 Å². The Bertz CT molecular complexity index is 352. The summed E-state index contributed by atoms with van der Waals surface area (Å²) in [4.78, 5) is 12.2. The fourth-order valence-electron chi connectivity index (χ4n) is 3.44. The highest BCUT2D eigenvalue weighted by molar-refractivity contribution is 8.14. The molecule has 0 aromatic heterocycles. The lowest BCUT2D eigenvalue weighted by molar-refractivity contribution is -0.111. The Hall–Kier alpha value is 0.117. The Kier molecular flexibility index (Phi) is 21.4. The van der Waals surface area contributed by atoms with E-state index in [0.717, 1.165) is 12.8 Å². The van der Waals surface area contributed by atoms with Crippen LogP contribution in [0.2, 0.25) is 0 Å². The molecule has 0 amide bonds. The van der Waals surface area contributed by atoms with Crippen molar-refractivity contribution in [2.45, 2.75) is 118 Å². The van der Waals surface area contributed by atoms with E-state index in [9.17, 15) is 4.79 Å². The third-order valence-corrected chi connectivity index (χ3v) is 9.69. The van der Waals surface area contributed by atoms with E-state index in [1.807, 2.05) is 20.8 Å². The topological polar surface area (TPSA) is 44.8 Å². The van der Waals surface area contributed by atoms with E-state index in [1.54, 1.807) is 0 Å². The predicted molar refractivity (Wildman–Crippen MR) is 128 cm³/mol. The predicted octanol–water partition coefficient (Wildman–Crippen LogP) is 7.32. The number of rotatable bonds is 22. The second kappa shape index (κ2) is 21.4. The van der Waals surface area contributed by atoms with Crippen LogP contribution in [0.25, 0.3) is 0 Å².